The number of aliphatic hydroxyl groups is 1. The van der Waals surface area contributed by atoms with E-state index in [1.165, 1.54) is 53.7 Å². The Morgan fingerprint density at radius 3 is 2.23 bits per heavy atom. The van der Waals surface area contributed by atoms with Crippen molar-refractivity contribution < 1.29 is 30.0 Å². The average Bonchev–Trinajstić information content (AvgIpc) is 3.24. The summed E-state index contributed by atoms with van der Waals surface area (Å²) in [6, 6.07) is 33.4. The molecule has 7 rings (SSSR count). The van der Waals surface area contributed by atoms with E-state index < -0.39 is 5.41 Å². The second-order valence-electron chi connectivity index (χ2n) is 13.0. The zero-order valence-electron chi connectivity index (χ0n) is 25.7. The van der Waals surface area contributed by atoms with Crippen molar-refractivity contribution in [3.63, 3.8) is 0 Å². The molecule has 0 amide bonds. The topological polar surface area (TPSA) is 55.1 Å². The summed E-state index contributed by atoms with van der Waals surface area (Å²) in [5.74, 6) is 0.104. The maximum Gasteiger partial charge on any atom is 0.164 e. The number of nitrogens with zero attached hydrogens (tertiary/aromatic N) is 2. The van der Waals surface area contributed by atoms with Crippen molar-refractivity contribution in [3.8, 4) is 5.69 Å². The van der Waals surface area contributed by atoms with E-state index in [1.54, 1.807) is 0 Å². The van der Waals surface area contributed by atoms with Crippen molar-refractivity contribution >= 4 is 70.0 Å². The van der Waals surface area contributed by atoms with E-state index in [0.717, 1.165) is 10.9 Å². The van der Waals surface area contributed by atoms with Crippen molar-refractivity contribution in [2.24, 2.45) is 10.8 Å². The minimum Gasteiger partial charge on any atom is -0.512 e. The molecule has 1 N–H and O–H groups in total. The molecule has 0 bridgehead atoms. The first kappa shape index (κ1) is 31.6. The van der Waals surface area contributed by atoms with Crippen molar-refractivity contribution in [1.29, 1.82) is 0 Å². The van der Waals surface area contributed by atoms with Crippen LogP contribution in [0.5, 0.6) is 0 Å². The quantitative estimate of drug-likeness (QED) is 0.108. The Bertz CT molecular complexity index is 2180. The van der Waals surface area contributed by atoms with Crippen molar-refractivity contribution in [1.82, 2.24) is 9.55 Å². The van der Waals surface area contributed by atoms with Gasteiger partial charge in [-0.3, -0.25) is 4.79 Å². The first-order chi connectivity index (χ1) is 20.4. The molecule has 0 spiro atoms. The fourth-order valence-electron chi connectivity index (χ4n) is 5.23. The predicted octanol–water partition coefficient (Wildman–Crippen LogP) is 10.6. The molecule has 0 fully saturated rings. The molecule has 225 valence electrons. The second kappa shape index (κ2) is 11.9. The van der Waals surface area contributed by atoms with Gasteiger partial charge in [-0.25, -0.2) is 0 Å². The van der Waals surface area contributed by atoms with Crippen LogP contribution < -0.4 is 0 Å². The number of rotatable bonds is 2. The number of para-hydroxylation sites is 1. The molecule has 3 aromatic heterocycles. The van der Waals surface area contributed by atoms with Crippen LogP contribution in [0, 0.1) is 16.9 Å². The van der Waals surface area contributed by atoms with Gasteiger partial charge in [0.25, 0.3) is 0 Å². The third-order valence-corrected chi connectivity index (χ3v) is 8.88. The van der Waals surface area contributed by atoms with E-state index in [4.69, 9.17) is 4.98 Å². The molecule has 0 atom stereocenters. The van der Waals surface area contributed by atoms with Crippen LogP contribution in [0.1, 0.15) is 41.5 Å². The summed E-state index contributed by atoms with van der Waals surface area (Å²) in [6.07, 6.45) is 3.32. The average molecular weight is 776 g/mol. The standard InChI is InChI=1S/C27H15N2S.C11H20O2.Ir/c1-2-9-18(10-3-1)29-21-13-6-12-20-24(21)25-22(29)14-7-15-23(25)30-27-19-11-5-4-8-17(19)16-28-26(20)27;1-10(2,3)8(12)7-9(13)11(4,5)6;/h1-11,13-16H;7,12H,1-6H3;/q-1;;/b;8-7-;. The number of hydrogen-bond donors (Lipinski definition) is 1. The molecule has 4 aromatic carbocycles. The van der Waals surface area contributed by atoms with E-state index in [-0.39, 0.29) is 37.1 Å². The Balaban J connectivity index is 0.000000237. The molecular formula is C38H35IrN2O2S-. The van der Waals surface area contributed by atoms with Crippen LogP contribution in [-0.4, -0.2) is 20.4 Å². The smallest absolute Gasteiger partial charge is 0.164 e. The Labute approximate surface area is 275 Å². The maximum atomic E-state index is 11.5. The number of aromatic nitrogens is 2. The molecule has 0 aliphatic carbocycles. The van der Waals surface area contributed by atoms with Gasteiger partial charge in [0.15, 0.2) is 5.78 Å². The molecular weight excluding hydrogens is 741 g/mol. The molecule has 0 saturated carbocycles. The van der Waals surface area contributed by atoms with Crippen LogP contribution in [0.4, 0.5) is 0 Å². The molecule has 3 heterocycles. The zero-order chi connectivity index (χ0) is 30.5. The third-order valence-electron chi connectivity index (χ3n) is 7.70. The van der Waals surface area contributed by atoms with Gasteiger partial charge in [-0.1, -0.05) is 95.5 Å². The largest absolute Gasteiger partial charge is 0.512 e. The number of pyridine rings is 1. The number of aliphatic hydroxyl groups excluding tert-OH is 1. The maximum absolute atomic E-state index is 11.5. The Kier molecular flexibility index (Phi) is 8.56. The minimum absolute atomic E-state index is 0. The van der Waals surface area contributed by atoms with Gasteiger partial charge in [0.1, 0.15) is 5.76 Å². The van der Waals surface area contributed by atoms with E-state index in [9.17, 15) is 9.90 Å². The Morgan fingerprint density at radius 1 is 0.841 bits per heavy atom. The van der Waals surface area contributed by atoms with Crippen LogP contribution in [0.25, 0.3) is 58.6 Å². The molecule has 4 nitrogen and oxygen atoms in total. The normalized spacial score (nSPS) is 12.5. The molecule has 0 saturated heterocycles. The third kappa shape index (κ3) is 5.70. The molecule has 7 aromatic rings. The van der Waals surface area contributed by atoms with Gasteiger partial charge in [0.05, 0.1) is 0 Å². The number of ketones is 1. The van der Waals surface area contributed by atoms with Gasteiger partial charge in [0, 0.05) is 69.3 Å². The monoisotopic (exact) mass is 776 g/mol. The zero-order valence-corrected chi connectivity index (χ0v) is 28.9. The van der Waals surface area contributed by atoms with Crippen LogP contribution in [0.15, 0.2) is 103 Å². The number of carbonyl (C=O) groups is 1. The molecule has 0 unspecified atom stereocenters. The van der Waals surface area contributed by atoms with Crippen molar-refractivity contribution in [3.05, 3.63) is 109 Å². The summed E-state index contributed by atoms with van der Waals surface area (Å²) >= 11 is 1.82. The summed E-state index contributed by atoms with van der Waals surface area (Å²) in [5, 5.41) is 15.6. The van der Waals surface area contributed by atoms with Gasteiger partial charge >= 0.3 is 0 Å². The summed E-state index contributed by atoms with van der Waals surface area (Å²) in [4.78, 5) is 16.4. The molecule has 44 heavy (non-hydrogen) atoms. The van der Waals surface area contributed by atoms with E-state index in [1.807, 2.05) is 65.1 Å². The number of carbonyl (C=O) groups excluding carboxylic acids is 1. The van der Waals surface area contributed by atoms with Crippen LogP contribution in [-0.2, 0) is 24.9 Å². The molecule has 0 aliphatic rings. The first-order valence-corrected chi connectivity index (χ1v) is 15.3. The second-order valence-corrected chi connectivity index (χ2v) is 14.0. The van der Waals surface area contributed by atoms with Gasteiger partial charge in [-0.2, -0.15) is 0 Å². The summed E-state index contributed by atoms with van der Waals surface area (Å²) in [7, 11) is 0. The summed E-state index contributed by atoms with van der Waals surface area (Å²) < 4.78 is 4.84. The van der Waals surface area contributed by atoms with E-state index in [0.29, 0.717) is 0 Å². The van der Waals surface area contributed by atoms with Crippen LogP contribution >= 0.6 is 11.3 Å². The molecule has 6 heteroatoms. The van der Waals surface area contributed by atoms with Crippen LogP contribution in [0.2, 0.25) is 0 Å². The van der Waals surface area contributed by atoms with Gasteiger partial charge in [-0.05, 0) is 45.9 Å². The van der Waals surface area contributed by atoms with Gasteiger partial charge in [0.2, 0.25) is 0 Å². The Morgan fingerprint density at radius 2 is 1.52 bits per heavy atom. The number of fused-ring (bicyclic) bond motifs is 4. The predicted molar refractivity (Wildman–Crippen MR) is 182 cm³/mol. The summed E-state index contributed by atoms with van der Waals surface area (Å²) in [5.41, 5.74) is 3.84. The van der Waals surface area contributed by atoms with E-state index in [2.05, 4.69) is 89.5 Å². The van der Waals surface area contributed by atoms with Gasteiger partial charge < -0.3 is 14.7 Å². The van der Waals surface area contributed by atoms with Crippen molar-refractivity contribution in [2.75, 3.05) is 0 Å². The molecule has 1 radical (unpaired) electrons. The van der Waals surface area contributed by atoms with Crippen molar-refractivity contribution in [2.45, 2.75) is 41.5 Å². The van der Waals surface area contributed by atoms with E-state index >= 15 is 0 Å². The molecule has 0 aliphatic heterocycles. The fraction of sp³-hybridized carbons (Fsp3) is 0.211. The summed E-state index contributed by atoms with van der Waals surface area (Å²) in [6.45, 7) is 11.1. The Hall–Kier alpha value is -3.83. The SMILES string of the molecule is CC(C)(C)C(=O)/C=C(\O)C(C)(C)C.[Ir].[c-]1ccc2c3c1c1ncc4ccccc4c1sc1cccc(c13)n2-c1ccccc1. The number of hydrogen-bond acceptors (Lipinski definition) is 4. The first-order valence-electron chi connectivity index (χ1n) is 14.5. The van der Waals surface area contributed by atoms with Gasteiger partial charge in [-0.15, -0.1) is 34.9 Å². The number of benzene rings is 4. The number of allylic oxidation sites excluding steroid dienone is 2. The van der Waals surface area contributed by atoms with Crippen LogP contribution in [0.3, 0.4) is 0 Å². The fourth-order valence-corrected chi connectivity index (χ4v) is 6.45. The minimum atomic E-state index is -0.417.